The van der Waals surface area contributed by atoms with E-state index in [4.69, 9.17) is 5.73 Å². The van der Waals surface area contributed by atoms with E-state index in [-0.39, 0.29) is 5.91 Å². The van der Waals surface area contributed by atoms with Crippen molar-refractivity contribution >= 4 is 29.3 Å². The Balaban J connectivity index is 2.16. The van der Waals surface area contributed by atoms with Gasteiger partial charge in [-0.3, -0.25) is 9.59 Å². The highest BCUT2D eigenvalue weighted by atomic mass is 32.2. The summed E-state index contributed by atoms with van der Waals surface area (Å²) in [6.45, 7) is 0. The van der Waals surface area contributed by atoms with Gasteiger partial charge in [0, 0.05) is 11.3 Å². The van der Waals surface area contributed by atoms with Gasteiger partial charge >= 0.3 is 0 Å². The maximum Gasteiger partial charge on any atom is 0.255 e. The molecule has 3 N–H and O–H groups in total. The van der Waals surface area contributed by atoms with E-state index < -0.39 is 5.91 Å². The van der Waals surface area contributed by atoms with Gasteiger partial charge in [0.15, 0.2) is 0 Å². The molecule has 0 radical (unpaired) electrons. The SMILES string of the molecule is CSCc1ccc(C(=O)Nc2ccccc2C(N)=O)cc1. The van der Waals surface area contributed by atoms with Crippen molar-refractivity contribution in [2.75, 3.05) is 11.6 Å². The molecule has 0 unspecified atom stereocenters. The summed E-state index contributed by atoms with van der Waals surface area (Å²) in [5.41, 5.74) is 7.71. The lowest BCUT2D eigenvalue weighted by Crippen LogP contribution is -2.18. The third kappa shape index (κ3) is 3.86. The summed E-state index contributed by atoms with van der Waals surface area (Å²) in [4.78, 5) is 23.5. The number of anilines is 1. The molecular formula is C16H16N2O2S. The van der Waals surface area contributed by atoms with E-state index in [1.807, 2.05) is 18.4 Å². The maximum absolute atomic E-state index is 12.2. The molecule has 0 saturated carbocycles. The molecule has 0 aliphatic heterocycles. The third-order valence-corrected chi connectivity index (χ3v) is 3.59. The van der Waals surface area contributed by atoms with Crippen LogP contribution in [0.3, 0.4) is 0 Å². The van der Waals surface area contributed by atoms with E-state index in [0.717, 1.165) is 11.3 Å². The minimum Gasteiger partial charge on any atom is -0.366 e. The van der Waals surface area contributed by atoms with Crippen molar-refractivity contribution < 1.29 is 9.59 Å². The average molecular weight is 300 g/mol. The lowest BCUT2D eigenvalue weighted by Gasteiger charge is -2.09. The van der Waals surface area contributed by atoms with E-state index >= 15 is 0 Å². The molecule has 0 aliphatic carbocycles. The van der Waals surface area contributed by atoms with Crippen molar-refractivity contribution in [2.24, 2.45) is 5.73 Å². The molecule has 2 aromatic carbocycles. The van der Waals surface area contributed by atoms with E-state index in [2.05, 4.69) is 5.32 Å². The zero-order valence-corrected chi connectivity index (χ0v) is 12.4. The van der Waals surface area contributed by atoms with Gasteiger partial charge in [-0.25, -0.2) is 0 Å². The maximum atomic E-state index is 12.2. The Hall–Kier alpha value is -2.27. The summed E-state index contributed by atoms with van der Waals surface area (Å²) in [6.07, 6.45) is 2.03. The van der Waals surface area contributed by atoms with Gasteiger partial charge in [-0.2, -0.15) is 11.8 Å². The number of carbonyl (C=O) groups excluding carboxylic acids is 2. The average Bonchev–Trinajstić information content (AvgIpc) is 2.48. The Bertz CT molecular complexity index is 654. The fourth-order valence-corrected chi connectivity index (χ4v) is 2.45. The number of amides is 2. The number of nitrogens with two attached hydrogens (primary N) is 1. The van der Waals surface area contributed by atoms with E-state index in [1.165, 1.54) is 0 Å². The number of carbonyl (C=O) groups is 2. The number of thioether (sulfide) groups is 1. The Morgan fingerprint density at radius 2 is 1.76 bits per heavy atom. The zero-order chi connectivity index (χ0) is 15.2. The second kappa shape index (κ2) is 6.95. The molecule has 4 nitrogen and oxygen atoms in total. The topological polar surface area (TPSA) is 72.2 Å². The fourth-order valence-electron chi connectivity index (χ4n) is 1.92. The van der Waals surface area contributed by atoms with Gasteiger partial charge in [-0.15, -0.1) is 0 Å². The molecule has 0 heterocycles. The van der Waals surface area contributed by atoms with Crippen molar-refractivity contribution in [3.05, 3.63) is 65.2 Å². The number of hydrogen-bond acceptors (Lipinski definition) is 3. The van der Waals surface area contributed by atoms with Crippen LogP contribution in [0.15, 0.2) is 48.5 Å². The predicted molar refractivity (Wildman–Crippen MR) is 86.6 cm³/mol. The van der Waals surface area contributed by atoms with Gasteiger partial charge in [0.1, 0.15) is 0 Å². The summed E-state index contributed by atoms with van der Waals surface area (Å²) in [7, 11) is 0. The third-order valence-electron chi connectivity index (χ3n) is 2.97. The smallest absolute Gasteiger partial charge is 0.255 e. The Morgan fingerprint density at radius 3 is 2.38 bits per heavy atom. The molecule has 5 heteroatoms. The van der Waals surface area contributed by atoms with Crippen LogP contribution in [-0.2, 0) is 5.75 Å². The van der Waals surface area contributed by atoms with Gasteiger partial charge in [0.05, 0.1) is 11.3 Å². The summed E-state index contributed by atoms with van der Waals surface area (Å²) < 4.78 is 0. The van der Waals surface area contributed by atoms with Crippen molar-refractivity contribution in [1.82, 2.24) is 0 Å². The van der Waals surface area contributed by atoms with Crippen molar-refractivity contribution in [3.63, 3.8) is 0 Å². The largest absolute Gasteiger partial charge is 0.366 e. The number of nitrogens with one attached hydrogen (secondary N) is 1. The summed E-state index contributed by atoms with van der Waals surface area (Å²) in [5, 5.41) is 2.71. The normalized spacial score (nSPS) is 10.1. The lowest BCUT2D eigenvalue weighted by molar-refractivity contribution is 0.100. The van der Waals surface area contributed by atoms with Crippen LogP contribution in [0.4, 0.5) is 5.69 Å². The van der Waals surface area contributed by atoms with Gasteiger partial charge in [-0.05, 0) is 36.1 Å². The van der Waals surface area contributed by atoms with Gasteiger partial charge in [0.25, 0.3) is 11.8 Å². The fraction of sp³-hybridized carbons (Fsp3) is 0.125. The number of primary amides is 1. The number of benzene rings is 2. The molecule has 0 fully saturated rings. The molecule has 108 valence electrons. The summed E-state index contributed by atoms with van der Waals surface area (Å²) in [5.74, 6) is 0.0764. The molecule has 2 aromatic rings. The highest BCUT2D eigenvalue weighted by molar-refractivity contribution is 7.97. The molecule has 0 atom stereocenters. The van der Waals surface area contributed by atoms with Gasteiger partial charge < -0.3 is 11.1 Å². The second-order valence-electron chi connectivity index (χ2n) is 4.49. The highest BCUT2D eigenvalue weighted by Gasteiger charge is 2.11. The molecule has 21 heavy (non-hydrogen) atoms. The second-order valence-corrected chi connectivity index (χ2v) is 5.36. The van der Waals surface area contributed by atoms with Crippen LogP contribution in [-0.4, -0.2) is 18.1 Å². The lowest BCUT2D eigenvalue weighted by atomic mass is 10.1. The first-order valence-corrected chi connectivity index (χ1v) is 7.79. The standard InChI is InChI=1S/C16H16N2O2S/c1-21-10-11-6-8-12(9-7-11)16(20)18-14-5-3-2-4-13(14)15(17)19/h2-9H,10H2,1H3,(H2,17,19)(H,18,20). The molecule has 0 aliphatic rings. The minimum atomic E-state index is -0.568. The summed E-state index contributed by atoms with van der Waals surface area (Å²) >= 11 is 1.72. The Morgan fingerprint density at radius 1 is 1.10 bits per heavy atom. The monoisotopic (exact) mass is 300 g/mol. The first-order chi connectivity index (χ1) is 10.1. The van der Waals surface area contributed by atoms with Gasteiger partial charge in [-0.1, -0.05) is 24.3 Å². The van der Waals surface area contributed by atoms with Crippen LogP contribution in [0.25, 0.3) is 0 Å². The van der Waals surface area contributed by atoms with Crippen molar-refractivity contribution in [1.29, 1.82) is 0 Å². The van der Waals surface area contributed by atoms with Crippen molar-refractivity contribution in [3.8, 4) is 0 Å². The number of rotatable bonds is 5. The van der Waals surface area contributed by atoms with E-state index in [9.17, 15) is 9.59 Å². The minimum absolute atomic E-state index is 0.264. The highest BCUT2D eigenvalue weighted by Crippen LogP contribution is 2.16. The Kier molecular flexibility index (Phi) is 5.00. The van der Waals surface area contributed by atoms with Crippen LogP contribution >= 0.6 is 11.8 Å². The molecule has 0 saturated heterocycles. The van der Waals surface area contributed by atoms with Crippen LogP contribution in [0.2, 0.25) is 0 Å². The first kappa shape index (κ1) is 15.1. The molecule has 0 aromatic heterocycles. The quantitative estimate of drug-likeness (QED) is 0.891. The van der Waals surface area contributed by atoms with Crippen LogP contribution < -0.4 is 11.1 Å². The molecular weight excluding hydrogens is 284 g/mol. The first-order valence-electron chi connectivity index (χ1n) is 6.40. The van der Waals surface area contributed by atoms with Crippen LogP contribution in [0.1, 0.15) is 26.3 Å². The van der Waals surface area contributed by atoms with Crippen molar-refractivity contribution in [2.45, 2.75) is 5.75 Å². The van der Waals surface area contributed by atoms with Crippen LogP contribution in [0.5, 0.6) is 0 Å². The molecule has 0 spiro atoms. The number of hydrogen-bond donors (Lipinski definition) is 2. The van der Waals surface area contributed by atoms with E-state index in [0.29, 0.717) is 16.8 Å². The molecule has 2 amide bonds. The summed E-state index contributed by atoms with van der Waals surface area (Å²) in [6, 6.07) is 14.1. The zero-order valence-electron chi connectivity index (χ0n) is 11.6. The number of para-hydroxylation sites is 1. The van der Waals surface area contributed by atoms with Gasteiger partial charge in [0.2, 0.25) is 0 Å². The van der Waals surface area contributed by atoms with Crippen LogP contribution in [0, 0.1) is 0 Å². The molecule has 2 rings (SSSR count). The predicted octanol–water partition coefficient (Wildman–Crippen LogP) is 2.90. The molecule has 0 bridgehead atoms. The Labute approximate surface area is 127 Å². The van der Waals surface area contributed by atoms with E-state index in [1.54, 1.807) is 48.2 Å².